The van der Waals surface area contributed by atoms with Crippen LogP contribution in [0.2, 0.25) is 0 Å². The van der Waals surface area contributed by atoms with Crippen molar-refractivity contribution in [3.63, 3.8) is 0 Å². The Morgan fingerprint density at radius 3 is 2.56 bits per heavy atom. The minimum Gasteiger partial charge on any atom is -0.465 e. The highest BCUT2D eigenvalue weighted by atomic mass is 32.2. The van der Waals surface area contributed by atoms with Gasteiger partial charge in [-0.15, -0.1) is 0 Å². The summed E-state index contributed by atoms with van der Waals surface area (Å²) in [5, 5.41) is 3.38. The van der Waals surface area contributed by atoms with Crippen molar-refractivity contribution in [2.24, 2.45) is 5.41 Å². The number of rotatable bonds is 6. The zero-order chi connectivity index (χ0) is 13.4. The Balaban J connectivity index is 1.88. The Bertz CT molecular complexity index is 514. The molecule has 18 heavy (non-hydrogen) atoms. The van der Waals surface area contributed by atoms with Crippen LogP contribution in [0.15, 0.2) is 16.5 Å². The summed E-state index contributed by atoms with van der Waals surface area (Å²) >= 11 is 0. The molecule has 0 bridgehead atoms. The van der Waals surface area contributed by atoms with E-state index in [1.165, 1.54) is 6.26 Å². The largest absolute Gasteiger partial charge is 0.465 e. The van der Waals surface area contributed by atoms with Crippen molar-refractivity contribution in [2.45, 2.75) is 32.7 Å². The molecular formula is C13H21NO3S. The highest BCUT2D eigenvalue weighted by Gasteiger charge is 2.45. The van der Waals surface area contributed by atoms with E-state index in [4.69, 9.17) is 4.42 Å². The predicted molar refractivity (Wildman–Crippen MR) is 71.2 cm³/mol. The van der Waals surface area contributed by atoms with Crippen LogP contribution < -0.4 is 5.32 Å². The van der Waals surface area contributed by atoms with Crippen LogP contribution in [0.3, 0.4) is 0 Å². The molecule has 1 saturated carbocycles. The summed E-state index contributed by atoms with van der Waals surface area (Å²) in [6.07, 6.45) is 3.31. The van der Waals surface area contributed by atoms with Crippen molar-refractivity contribution in [3.05, 3.63) is 23.7 Å². The average Bonchev–Trinajstić information content (AvgIpc) is 2.84. The van der Waals surface area contributed by atoms with Gasteiger partial charge in [-0.1, -0.05) is 0 Å². The van der Waals surface area contributed by atoms with Gasteiger partial charge in [-0.2, -0.15) is 0 Å². The molecule has 5 heteroatoms. The predicted octanol–water partition coefficient (Wildman–Crippen LogP) is 2.06. The van der Waals surface area contributed by atoms with E-state index in [9.17, 15) is 8.42 Å². The minimum absolute atomic E-state index is 0.0382. The van der Waals surface area contributed by atoms with E-state index in [-0.39, 0.29) is 17.2 Å². The molecule has 1 N–H and O–H groups in total. The zero-order valence-electron chi connectivity index (χ0n) is 11.2. The van der Waals surface area contributed by atoms with Crippen LogP contribution in [0, 0.1) is 12.3 Å². The van der Waals surface area contributed by atoms with Gasteiger partial charge in [-0.05, 0) is 44.2 Å². The van der Waals surface area contributed by atoms with Crippen LogP contribution >= 0.6 is 0 Å². The van der Waals surface area contributed by atoms with E-state index in [1.807, 2.05) is 26.0 Å². The summed E-state index contributed by atoms with van der Waals surface area (Å²) in [4.78, 5) is 0. The van der Waals surface area contributed by atoms with Crippen molar-refractivity contribution in [1.29, 1.82) is 0 Å². The lowest BCUT2D eigenvalue weighted by atomic mass is 10.1. The topological polar surface area (TPSA) is 59.3 Å². The molecule has 1 aromatic rings. The summed E-state index contributed by atoms with van der Waals surface area (Å²) in [7, 11) is -2.89. The van der Waals surface area contributed by atoms with Gasteiger partial charge in [0, 0.05) is 12.8 Å². The lowest BCUT2D eigenvalue weighted by Crippen LogP contribution is -2.31. The van der Waals surface area contributed by atoms with Crippen LogP contribution in [0.1, 0.15) is 37.3 Å². The van der Waals surface area contributed by atoms with Crippen LogP contribution in [-0.4, -0.2) is 27.0 Å². The maximum Gasteiger partial charge on any atom is 0.148 e. The number of hydrogen-bond donors (Lipinski definition) is 1. The van der Waals surface area contributed by atoms with Gasteiger partial charge in [-0.3, -0.25) is 0 Å². The molecule has 0 aliphatic heterocycles. The van der Waals surface area contributed by atoms with Gasteiger partial charge in [0.25, 0.3) is 0 Å². The summed E-state index contributed by atoms with van der Waals surface area (Å²) in [6.45, 7) is 4.69. The Kier molecular flexibility index (Phi) is 3.56. The standard InChI is InChI=1S/C13H21NO3S/c1-10-4-5-12(17-10)11(2)14-8-13(6-7-13)9-18(3,15)16/h4-5,11,14H,6-9H2,1-3H3. The smallest absolute Gasteiger partial charge is 0.148 e. The SMILES string of the molecule is Cc1ccc(C(C)NCC2(CS(C)(=O)=O)CC2)o1. The molecule has 102 valence electrons. The van der Waals surface area contributed by atoms with E-state index in [1.54, 1.807) is 0 Å². The number of sulfone groups is 1. The molecule has 1 aliphatic rings. The van der Waals surface area contributed by atoms with Gasteiger partial charge in [0.2, 0.25) is 0 Å². The Morgan fingerprint density at radius 2 is 2.11 bits per heavy atom. The van der Waals surface area contributed by atoms with Crippen molar-refractivity contribution in [3.8, 4) is 0 Å². The monoisotopic (exact) mass is 271 g/mol. The highest BCUT2D eigenvalue weighted by molar-refractivity contribution is 7.90. The van der Waals surface area contributed by atoms with E-state index in [2.05, 4.69) is 5.32 Å². The second-order valence-electron chi connectivity index (χ2n) is 5.62. The maximum absolute atomic E-state index is 11.4. The molecule has 1 fully saturated rings. The van der Waals surface area contributed by atoms with Crippen LogP contribution in [0.4, 0.5) is 0 Å². The summed E-state index contributed by atoms with van der Waals surface area (Å²) in [5.74, 6) is 2.09. The maximum atomic E-state index is 11.4. The second kappa shape index (κ2) is 4.70. The van der Waals surface area contributed by atoms with Crippen molar-refractivity contribution < 1.29 is 12.8 Å². The fourth-order valence-electron chi connectivity index (χ4n) is 2.26. The first-order valence-electron chi connectivity index (χ1n) is 6.27. The van der Waals surface area contributed by atoms with Gasteiger partial charge in [0.1, 0.15) is 21.4 Å². The molecule has 0 radical (unpaired) electrons. The van der Waals surface area contributed by atoms with Gasteiger partial charge >= 0.3 is 0 Å². The van der Waals surface area contributed by atoms with Crippen LogP contribution in [-0.2, 0) is 9.84 Å². The fourth-order valence-corrected chi connectivity index (χ4v) is 3.76. The molecule has 4 nitrogen and oxygen atoms in total. The Labute approximate surface area is 109 Å². The molecule has 2 rings (SSSR count). The third-order valence-corrected chi connectivity index (χ3v) is 4.63. The molecule has 1 atom stereocenters. The molecule has 0 spiro atoms. The number of aryl methyl sites for hydroxylation is 1. The van der Waals surface area contributed by atoms with E-state index < -0.39 is 9.84 Å². The lowest BCUT2D eigenvalue weighted by molar-refractivity contribution is 0.388. The number of hydrogen-bond acceptors (Lipinski definition) is 4. The first-order chi connectivity index (χ1) is 8.30. The number of furan rings is 1. The molecule has 1 unspecified atom stereocenters. The quantitative estimate of drug-likeness (QED) is 0.860. The lowest BCUT2D eigenvalue weighted by Gasteiger charge is -2.18. The van der Waals surface area contributed by atoms with Crippen molar-refractivity contribution in [1.82, 2.24) is 5.32 Å². The molecule has 1 heterocycles. The molecule has 0 amide bonds. The summed E-state index contributed by atoms with van der Waals surface area (Å²) in [5.41, 5.74) is -0.0382. The second-order valence-corrected chi connectivity index (χ2v) is 7.76. The van der Waals surface area contributed by atoms with E-state index in [0.29, 0.717) is 0 Å². The van der Waals surface area contributed by atoms with Gasteiger partial charge in [0.15, 0.2) is 0 Å². The average molecular weight is 271 g/mol. The first kappa shape index (κ1) is 13.6. The minimum atomic E-state index is -2.89. The van der Waals surface area contributed by atoms with Crippen LogP contribution in [0.25, 0.3) is 0 Å². The summed E-state index contributed by atoms with van der Waals surface area (Å²) in [6, 6.07) is 4.02. The molecular weight excluding hydrogens is 250 g/mol. The summed E-state index contributed by atoms with van der Waals surface area (Å²) < 4.78 is 28.3. The third kappa shape index (κ3) is 3.59. The van der Waals surface area contributed by atoms with Crippen molar-refractivity contribution >= 4 is 9.84 Å². The molecule has 0 saturated heterocycles. The highest BCUT2D eigenvalue weighted by Crippen LogP contribution is 2.46. The Hall–Kier alpha value is -0.810. The van der Waals surface area contributed by atoms with Crippen LogP contribution in [0.5, 0.6) is 0 Å². The van der Waals surface area contributed by atoms with E-state index in [0.717, 1.165) is 30.9 Å². The Morgan fingerprint density at radius 1 is 1.44 bits per heavy atom. The molecule has 1 aliphatic carbocycles. The normalized spacial score (nSPS) is 19.7. The zero-order valence-corrected chi connectivity index (χ0v) is 12.0. The fraction of sp³-hybridized carbons (Fsp3) is 0.692. The van der Waals surface area contributed by atoms with Crippen molar-refractivity contribution in [2.75, 3.05) is 18.6 Å². The van der Waals surface area contributed by atoms with Gasteiger partial charge < -0.3 is 9.73 Å². The molecule has 0 aromatic carbocycles. The van der Waals surface area contributed by atoms with E-state index >= 15 is 0 Å². The van der Waals surface area contributed by atoms with Gasteiger partial charge in [-0.25, -0.2) is 8.42 Å². The van der Waals surface area contributed by atoms with Gasteiger partial charge in [0.05, 0.1) is 11.8 Å². The third-order valence-electron chi connectivity index (χ3n) is 3.50. The number of nitrogens with one attached hydrogen (secondary N) is 1. The molecule has 1 aromatic heterocycles. The first-order valence-corrected chi connectivity index (χ1v) is 8.33.